The molecule has 0 saturated heterocycles. The number of carboxylic acids is 2. The number of carboxylic acid groups (broad SMARTS) is 2. The molecule has 7 heavy (non-hydrogen) atoms. The molecule has 5 heteroatoms. The number of hydrogen-bond donors (Lipinski definition) is 1. The molecule has 0 bridgehead atoms. The van der Waals surface area contributed by atoms with Crippen LogP contribution >= 0.6 is 0 Å². The molecule has 0 rings (SSSR count). The Balaban J connectivity index is 0. The van der Waals surface area contributed by atoms with E-state index in [4.69, 9.17) is 19.8 Å². The molecular weight excluding hydrogens is 227 g/mol. The summed E-state index contributed by atoms with van der Waals surface area (Å²) in [6.07, 6.45) is 0. The van der Waals surface area contributed by atoms with Crippen molar-refractivity contribution in [1.29, 1.82) is 0 Å². The molecule has 37 valence electrons. The first-order chi connectivity index (χ1) is 2.64. The summed E-state index contributed by atoms with van der Waals surface area (Å²) in [5.74, 6) is -4.01. The average Bonchev–Trinajstić information content (AvgIpc) is 1.36. The van der Waals surface area contributed by atoms with Gasteiger partial charge in [-0.25, -0.2) is 4.79 Å². The standard InChI is InChI=1S/C2H2O4.La/c3-1(4)2(5)6;/h(H,3,4)(H,5,6);/p-1. The van der Waals surface area contributed by atoms with Gasteiger partial charge in [-0.05, 0) is 0 Å². The van der Waals surface area contributed by atoms with Gasteiger partial charge in [-0.2, -0.15) is 0 Å². The van der Waals surface area contributed by atoms with E-state index >= 15 is 0 Å². The minimum Gasteiger partial charge on any atom is -0.539 e. The topological polar surface area (TPSA) is 77.4 Å². The number of hydrogen-bond acceptors (Lipinski definition) is 3. The Morgan fingerprint density at radius 3 is 1.57 bits per heavy atom. The molecule has 0 heterocycles. The van der Waals surface area contributed by atoms with Crippen LogP contribution in [0, 0.1) is 35.6 Å². The van der Waals surface area contributed by atoms with E-state index in [1.807, 2.05) is 0 Å². The summed E-state index contributed by atoms with van der Waals surface area (Å²) >= 11 is 0. The summed E-state index contributed by atoms with van der Waals surface area (Å²) in [6, 6.07) is 0. The number of carbonyl (C=O) groups excluding carboxylic acids is 1. The fourth-order valence-corrected chi connectivity index (χ4v) is 0. The Morgan fingerprint density at radius 1 is 1.43 bits per heavy atom. The number of aliphatic carboxylic acids is 2. The van der Waals surface area contributed by atoms with Gasteiger partial charge in [-0.3, -0.25) is 0 Å². The summed E-state index contributed by atoms with van der Waals surface area (Å²) in [6.45, 7) is 0. The maximum Gasteiger partial charge on any atom is 0.351 e. The molecule has 0 aliphatic heterocycles. The molecule has 0 aliphatic rings. The van der Waals surface area contributed by atoms with Crippen molar-refractivity contribution in [3.8, 4) is 0 Å². The minimum atomic E-state index is -2.07. The van der Waals surface area contributed by atoms with Gasteiger partial charge >= 0.3 is 5.97 Å². The average molecular weight is 228 g/mol. The van der Waals surface area contributed by atoms with E-state index in [0.717, 1.165) is 0 Å². The van der Waals surface area contributed by atoms with Gasteiger partial charge < -0.3 is 15.0 Å². The van der Waals surface area contributed by atoms with Crippen molar-refractivity contribution in [2.75, 3.05) is 0 Å². The molecule has 0 saturated carbocycles. The SMILES string of the molecule is O=C([O-])C(=O)O.[La]. The third-order valence-electron chi connectivity index (χ3n) is 0.175. The Morgan fingerprint density at radius 2 is 1.57 bits per heavy atom. The second-order valence-electron chi connectivity index (χ2n) is 0.593. The Bertz CT molecular complexity index is 75.7. The third-order valence-corrected chi connectivity index (χ3v) is 0.175. The van der Waals surface area contributed by atoms with E-state index in [1.54, 1.807) is 0 Å². The molecule has 1 N–H and O–H groups in total. The zero-order chi connectivity index (χ0) is 5.15. The van der Waals surface area contributed by atoms with E-state index in [1.165, 1.54) is 0 Å². The largest absolute Gasteiger partial charge is 0.539 e. The Kier molecular flexibility index (Phi) is 6.25. The fourth-order valence-electron chi connectivity index (χ4n) is 0. The predicted octanol–water partition coefficient (Wildman–Crippen LogP) is -2.18. The van der Waals surface area contributed by atoms with Crippen LogP contribution in [-0.4, -0.2) is 17.0 Å². The fraction of sp³-hybridized carbons (Fsp3) is 0. The van der Waals surface area contributed by atoms with Crippen LogP contribution in [0.15, 0.2) is 0 Å². The van der Waals surface area contributed by atoms with Gasteiger partial charge in [0.15, 0.2) is 5.97 Å². The zero-order valence-corrected chi connectivity index (χ0v) is 6.88. The quantitative estimate of drug-likeness (QED) is 0.478. The summed E-state index contributed by atoms with van der Waals surface area (Å²) in [4.78, 5) is 18.0. The molecule has 0 spiro atoms. The zero-order valence-electron chi connectivity index (χ0n) is 3.25. The van der Waals surface area contributed by atoms with Crippen molar-refractivity contribution in [1.82, 2.24) is 0 Å². The van der Waals surface area contributed by atoms with Crippen LogP contribution in [0.4, 0.5) is 0 Å². The smallest absolute Gasteiger partial charge is 0.351 e. The molecule has 0 unspecified atom stereocenters. The van der Waals surface area contributed by atoms with Crippen molar-refractivity contribution in [2.24, 2.45) is 0 Å². The molecule has 0 aliphatic carbocycles. The Hall–Kier alpha value is 0.135. The van der Waals surface area contributed by atoms with Gasteiger partial charge in [0, 0.05) is 35.6 Å². The van der Waals surface area contributed by atoms with E-state index in [9.17, 15) is 0 Å². The first-order valence-electron chi connectivity index (χ1n) is 1.09. The maximum atomic E-state index is 9.04. The van der Waals surface area contributed by atoms with Crippen LogP contribution in [0.25, 0.3) is 0 Å². The first kappa shape index (κ1) is 10.2. The van der Waals surface area contributed by atoms with Crippen LogP contribution in [-0.2, 0) is 9.59 Å². The van der Waals surface area contributed by atoms with Crippen molar-refractivity contribution in [3.63, 3.8) is 0 Å². The normalized spacial score (nSPS) is 6.29. The van der Waals surface area contributed by atoms with Crippen LogP contribution in [0.5, 0.6) is 0 Å². The van der Waals surface area contributed by atoms with Crippen molar-refractivity contribution < 1.29 is 55.4 Å². The van der Waals surface area contributed by atoms with Crippen LogP contribution in [0.3, 0.4) is 0 Å². The van der Waals surface area contributed by atoms with E-state index in [2.05, 4.69) is 0 Å². The molecular formula is C2HLaO4-. The van der Waals surface area contributed by atoms with Gasteiger partial charge in [0.05, 0.1) is 0 Å². The van der Waals surface area contributed by atoms with Gasteiger partial charge in [-0.1, -0.05) is 0 Å². The monoisotopic (exact) mass is 228 g/mol. The molecule has 0 aromatic rings. The molecule has 1 radical (unpaired) electrons. The minimum absolute atomic E-state index is 0. The summed E-state index contributed by atoms with van der Waals surface area (Å²) in [7, 11) is 0. The third kappa shape index (κ3) is 6.13. The second-order valence-corrected chi connectivity index (χ2v) is 0.593. The predicted molar refractivity (Wildman–Crippen MR) is 12.6 cm³/mol. The maximum absolute atomic E-state index is 9.04. The molecule has 0 aromatic heterocycles. The van der Waals surface area contributed by atoms with E-state index in [0.29, 0.717) is 0 Å². The molecule has 4 nitrogen and oxygen atoms in total. The molecule has 0 fully saturated rings. The summed E-state index contributed by atoms with van der Waals surface area (Å²) in [5, 5.41) is 16.3. The van der Waals surface area contributed by atoms with Crippen LogP contribution in [0.2, 0.25) is 0 Å². The van der Waals surface area contributed by atoms with Crippen molar-refractivity contribution in [3.05, 3.63) is 0 Å². The first-order valence-corrected chi connectivity index (χ1v) is 1.09. The van der Waals surface area contributed by atoms with Crippen molar-refractivity contribution >= 4 is 11.9 Å². The van der Waals surface area contributed by atoms with Gasteiger partial charge in [0.2, 0.25) is 0 Å². The van der Waals surface area contributed by atoms with E-state index in [-0.39, 0.29) is 35.6 Å². The number of rotatable bonds is 0. The second kappa shape index (κ2) is 4.30. The summed E-state index contributed by atoms with van der Waals surface area (Å²) < 4.78 is 0. The molecule has 0 atom stereocenters. The van der Waals surface area contributed by atoms with Crippen LogP contribution < -0.4 is 5.11 Å². The molecule has 0 amide bonds. The van der Waals surface area contributed by atoms with E-state index < -0.39 is 11.9 Å². The Labute approximate surface area is 67.1 Å². The van der Waals surface area contributed by atoms with Gasteiger partial charge in [0.25, 0.3) is 0 Å². The van der Waals surface area contributed by atoms with Crippen LogP contribution in [0.1, 0.15) is 0 Å². The number of carbonyl (C=O) groups is 2. The van der Waals surface area contributed by atoms with Gasteiger partial charge in [0.1, 0.15) is 0 Å². The van der Waals surface area contributed by atoms with Crippen molar-refractivity contribution in [2.45, 2.75) is 0 Å². The summed E-state index contributed by atoms with van der Waals surface area (Å²) in [5.41, 5.74) is 0. The van der Waals surface area contributed by atoms with Gasteiger partial charge in [-0.15, -0.1) is 0 Å². The molecule has 0 aromatic carbocycles.